The lowest BCUT2D eigenvalue weighted by atomic mass is 10.1. The van der Waals surface area contributed by atoms with Crippen LogP contribution in [0, 0.1) is 0 Å². The topological polar surface area (TPSA) is 20.2 Å². The Kier molecular flexibility index (Phi) is 3.73. The summed E-state index contributed by atoms with van der Waals surface area (Å²) in [6, 6.07) is 6.63. The zero-order valence-electron chi connectivity index (χ0n) is 6.35. The highest BCUT2D eigenvalue weighted by Crippen LogP contribution is 2.41. The van der Waals surface area contributed by atoms with Crippen LogP contribution >= 0.6 is 46.4 Å². The van der Waals surface area contributed by atoms with Gasteiger partial charge in [0.1, 0.15) is 0 Å². The minimum absolute atomic E-state index is 0.391. The molecule has 13 heavy (non-hydrogen) atoms. The van der Waals surface area contributed by atoms with Crippen molar-refractivity contribution in [3.63, 3.8) is 0 Å². The van der Waals surface area contributed by atoms with Crippen molar-refractivity contribution in [3.8, 4) is 0 Å². The highest BCUT2D eigenvalue weighted by atomic mass is 35.6. The predicted octanol–water partition coefficient (Wildman–Crippen LogP) is 3.74. The monoisotopic (exact) mass is 258 g/mol. The maximum absolute atomic E-state index is 9.16. The molecule has 1 N–H and O–H groups in total. The van der Waals surface area contributed by atoms with Crippen LogP contribution in [0.2, 0.25) is 0 Å². The highest BCUT2D eigenvalue weighted by molar-refractivity contribution is 6.66. The third-order valence-electron chi connectivity index (χ3n) is 1.52. The minimum atomic E-state index is -1.56. The molecule has 1 aromatic carbocycles. The van der Waals surface area contributed by atoms with Crippen LogP contribution in [-0.4, -0.2) is 5.11 Å². The second kappa shape index (κ2) is 4.24. The molecule has 0 aromatic heterocycles. The average molecular weight is 260 g/mol. The molecular formula is C8H6Cl4O. The maximum Gasteiger partial charge on any atom is 0.216 e. The van der Waals surface area contributed by atoms with Gasteiger partial charge in [0.15, 0.2) is 5.56 Å². The van der Waals surface area contributed by atoms with Gasteiger partial charge in [0, 0.05) is 11.1 Å². The second-order valence-corrected chi connectivity index (χ2v) is 5.12. The molecule has 0 spiro atoms. The number of halogens is 4. The van der Waals surface area contributed by atoms with Crippen LogP contribution in [0.1, 0.15) is 16.7 Å². The summed E-state index contributed by atoms with van der Waals surface area (Å²) in [5.74, 6) is 0. The number of aliphatic hydroxyl groups excluding tert-OH is 1. The van der Waals surface area contributed by atoms with Crippen LogP contribution in [0.25, 0.3) is 0 Å². The van der Waals surface area contributed by atoms with Crippen molar-refractivity contribution in [2.45, 2.75) is 9.36 Å². The fraction of sp³-hybridized carbons (Fsp3) is 0.250. The summed E-state index contributed by atoms with van der Waals surface area (Å²) in [6.07, 6.45) is 0. The summed E-state index contributed by atoms with van der Waals surface area (Å²) in [7, 11) is 0. The van der Waals surface area contributed by atoms with Gasteiger partial charge in [-0.25, -0.2) is 0 Å². The summed E-state index contributed by atoms with van der Waals surface area (Å²) in [5, 5.41) is 9.16. The van der Waals surface area contributed by atoms with Crippen LogP contribution in [0.5, 0.6) is 0 Å². The third kappa shape index (κ3) is 2.90. The fourth-order valence-corrected chi connectivity index (χ4v) is 1.67. The number of rotatable bonds is 1. The summed E-state index contributed by atoms with van der Waals surface area (Å²) in [4.78, 5) is 0. The number of aliphatic hydroxyl groups is 1. The first-order chi connectivity index (χ1) is 5.93. The van der Waals surface area contributed by atoms with Crippen LogP contribution in [0.15, 0.2) is 24.3 Å². The lowest BCUT2D eigenvalue weighted by Crippen LogP contribution is -2.06. The van der Waals surface area contributed by atoms with E-state index in [1.807, 2.05) is 0 Å². The molecule has 0 amide bonds. The van der Waals surface area contributed by atoms with Gasteiger partial charge in [0.05, 0.1) is 0 Å². The Bertz CT molecular complexity index is 292. The Morgan fingerprint density at radius 2 is 1.69 bits per heavy atom. The Morgan fingerprint density at radius 1 is 1.15 bits per heavy atom. The molecular weight excluding hydrogens is 254 g/mol. The van der Waals surface area contributed by atoms with Gasteiger partial charge in [-0.15, -0.1) is 0 Å². The first-order valence-corrected chi connectivity index (χ1v) is 4.98. The van der Waals surface area contributed by atoms with Gasteiger partial charge < -0.3 is 5.11 Å². The van der Waals surface area contributed by atoms with Crippen molar-refractivity contribution < 1.29 is 5.11 Å². The molecule has 1 atom stereocenters. The molecule has 0 aliphatic rings. The number of hydrogen-bond acceptors (Lipinski definition) is 1. The average Bonchev–Trinajstić information content (AvgIpc) is 2.03. The van der Waals surface area contributed by atoms with Crippen LogP contribution in [0.3, 0.4) is 0 Å². The molecule has 0 heterocycles. The first kappa shape index (κ1) is 11.4. The Morgan fingerprint density at radius 3 is 2.08 bits per heavy atom. The molecule has 0 aliphatic carbocycles. The summed E-state index contributed by atoms with van der Waals surface area (Å²) in [5.41, 5.74) is -0.363. The van der Waals surface area contributed by atoms with Gasteiger partial charge in [-0.3, -0.25) is 0 Å². The lowest BCUT2D eigenvalue weighted by Gasteiger charge is -2.16. The zero-order chi connectivity index (χ0) is 10.1. The summed E-state index contributed by atoms with van der Waals surface area (Å²) < 4.78 is -1.56. The fourth-order valence-electron chi connectivity index (χ4n) is 0.963. The molecule has 1 nitrogen and oxygen atoms in total. The van der Waals surface area contributed by atoms with Crippen molar-refractivity contribution in [1.82, 2.24) is 0 Å². The molecule has 0 aliphatic heterocycles. The second-order valence-electron chi connectivity index (χ2n) is 2.42. The highest BCUT2D eigenvalue weighted by Gasteiger charge is 2.27. The van der Waals surface area contributed by atoms with Crippen molar-refractivity contribution in [2.75, 3.05) is 0 Å². The summed E-state index contributed by atoms with van der Waals surface area (Å²) in [6.45, 7) is 0. The lowest BCUT2D eigenvalue weighted by molar-refractivity contribution is 0.261. The van der Waals surface area contributed by atoms with Gasteiger partial charge >= 0.3 is 0 Å². The smallest absolute Gasteiger partial charge is 0.216 e. The van der Waals surface area contributed by atoms with Crippen molar-refractivity contribution in [2.24, 2.45) is 0 Å². The Balaban J connectivity index is 3.20. The van der Waals surface area contributed by atoms with E-state index in [4.69, 9.17) is 51.5 Å². The van der Waals surface area contributed by atoms with E-state index < -0.39 is 9.36 Å². The third-order valence-corrected chi connectivity index (χ3v) is 2.37. The number of alkyl halides is 4. The molecule has 1 unspecified atom stereocenters. The van der Waals surface area contributed by atoms with Gasteiger partial charge in [-0.05, 0) is 0 Å². The van der Waals surface area contributed by atoms with E-state index in [1.165, 1.54) is 0 Å². The quantitative estimate of drug-likeness (QED) is 0.762. The molecule has 1 rings (SSSR count). The van der Waals surface area contributed by atoms with E-state index in [-0.39, 0.29) is 0 Å². The molecule has 72 valence electrons. The molecule has 5 heteroatoms. The number of benzene rings is 1. The number of hydrogen-bond donors (Lipinski definition) is 1. The summed E-state index contributed by atoms with van der Waals surface area (Å²) >= 11 is 22.5. The SMILES string of the molecule is OC(Cl)c1ccccc1C(Cl)(Cl)Cl. The van der Waals surface area contributed by atoms with Crippen LogP contribution in [-0.2, 0) is 3.79 Å². The molecule has 0 radical (unpaired) electrons. The van der Waals surface area contributed by atoms with Gasteiger partial charge in [0.2, 0.25) is 3.79 Å². The van der Waals surface area contributed by atoms with E-state index in [9.17, 15) is 0 Å². The van der Waals surface area contributed by atoms with Gasteiger partial charge in [-0.2, -0.15) is 0 Å². The maximum atomic E-state index is 9.16. The van der Waals surface area contributed by atoms with Crippen LogP contribution in [0.4, 0.5) is 0 Å². The molecule has 0 bridgehead atoms. The van der Waals surface area contributed by atoms with E-state index in [1.54, 1.807) is 24.3 Å². The standard InChI is InChI=1S/C8H6Cl4O/c9-7(13)5-3-1-2-4-6(5)8(10,11)12/h1-4,7,13H. The van der Waals surface area contributed by atoms with Crippen molar-refractivity contribution >= 4 is 46.4 Å². The van der Waals surface area contributed by atoms with Gasteiger partial charge in [0.25, 0.3) is 0 Å². The molecule has 0 saturated carbocycles. The zero-order valence-corrected chi connectivity index (χ0v) is 9.37. The molecule has 1 aromatic rings. The Hall–Kier alpha value is 0.340. The largest absolute Gasteiger partial charge is 0.373 e. The normalized spacial score (nSPS) is 14.2. The van der Waals surface area contributed by atoms with Gasteiger partial charge in [-0.1, -0.05) is 70.7 Å². The predicted molar refractivity (Wildman–Crippen MR) is 56.5 cm³/mol. The van der Waals surface area contributed by atoms with Crippen LogP contribution < -0.4 is 0 Å². The Labute approximate surface area is 96.2 Å². The van der Waals surface area contributed by atoms with E-state index in [2.05, 4.69) is 0 Å². The first-order valence-electron chi connectivity index (χ1n) is 3.41. The van der Waals surface area contributed by atoms with E-state index in [0.29, 0.717) is 11.1 Å². The minimum Gasteiger partial charge on any atom is -0.373 e. The van der Waals surface area contributed by atoms with Crippen molar-refractivity contribution in [3.05, 3.63) is 35.4 Å². The molecule has 0 fully saturated rings. The van der Waals surface area contributed by atoms with E-state index in [0.717, 1.165) is 0 Å². The molecule has 0 saturated heterocycles. The van der Waals surface area contributed by atoms with Crippen molar-refractivity contribution in [1.29, 1.82) is 0 Å². The van der Waals surface area contributed by atoms with E-state index >= 15 is 0 Å².